The maximum absolute atomic E-state index is 12.6. The number of Topliss-reactive ketones (excluding diaryl/α,β-unsaturated/α-hetero) is 1. The van der Waals surface area contributed by atoms with E-state index in [9.17, 15) is 9.90 Å². The summed E-state index contributed by atoms with van der Waals surface area (Å²) in [6.07, 6.45) is 2.35. The monoisotopic (exact) mass is 344 g/mol. The Kier molecular flexibility index (Phi) is 3.80. The standard InChI is InChI=1S/C17H13BrO3/c18-13-4-5-15-16(10-13)21-7-6-12(17(15)20)8-11-2-1-3-14(19)9-11/h1-5,8-10,19H,6-7H2/b12-8+. The number of hydrogen-bond acceptors (Lipinski definition) is 3. The molecule has 1 aliphatic heterocycles. The molecule has 106 valence electrons. The van der Waals surface area contributed by atoms with Gasteiger partial charge in [0.05, 0.1) is 12.2 Å². The van der Waals surface area contributed by atoms with Crippen molar-refractivity contribution in [3.05, 3.63) is 63.6 Å². The van der Waals surface area contributed by atoms with E-state index in [2.05, 4.69) is 15.9 Å². The molecule has 2 aromatic rings. The molecule has 1 aliphatic rings. The molecule has 0 amide bonds. The number of ether oxygens (including phenoxy) is 1. The van der Waals surface area contributed by atoms with Gasteiger partial charge in [-0.05, 0) is 42.0 Å². The van der Waals surface area contributed by atoms with Gasteiger partial charge in [0, 0.05) is 16.5 Å². The van der Waals surface area contributed by atoms with E-state index in [4.69, 9.17) is 4.74 Å². The summed E-state index contributed by atoms with van der Waals surface area (Å²) in [5.41, 5.74) is 2.06. The van der Waals surface area contributed by atoms with Crippen LogP contribution in [0, 0.1) is 0 Å². The van der Waals surface area contributed by atoms with E-state index in [1.54, 1.807) is 24.3 Å². The maximum Gasteiger partial charge on any atom is 0.192 e. The highest BCUT2D eigenvalue weighted by Gasteiger charge is 2.21. The van der Waals surface area contributed by atoms with E-state index >= 15 is 0 Å². The first-order chi connectivity index (χ1) is 10.1. The number of benzene rings is 2. The van der Waals surface area contributed by atoms with Gasteiger partial charge in [-0.3, -0.25) is 4.79 Å². The third kappa shape index (κ3) is 3.00. The first-order valence-electron chi connectivity index (χ1n) is 6.60. The van der Waals surface area contributed by atoms with Crippen LogP contribution in [-0.2, 0) is 0 Å². The number of rotatable bonds is 1. The smallest absolute Gasteiger partial charge is 0.192 e. The summed E-state index contributed by atoms with van der Waals surface area (Å²) in [5.74, 6) is 0.762. The van der Waals surface area contributed by atoms with Crippen LogP contribution in [0.3, 0.4) is 0 Å². The van der Waals surface area contributed by atoms with Crippen LogP contribution < -0.4 is 4.74 Å². The quantitative estimate of drug-likeness (QED) is 0.788. The lowest BCUT2D eigenvalue weighted by Crippen LogP contribution is -2.02. The van der Waals surface area contributed by atoms with Gasteiger partial charge in [-0.15, -0.1) is 0 Å². The highest BCUT2D eigenvalue weighted by molar-refractivity contribution is 9.10. The van der Waals surface area contributed by atoms with Crippen molar-refractivity contribution in [3.8, 4) is 11.5 Å². The lowest BCUT2D eigenvalue weighted by atomic mass is 9.99. The first-order valence-corrected chi connectivity index (χ1v) is 7.39. The van der Waals surface area contributed by atoms with Crippen LogP contribution in [0.15, 0.2) is 52.5 Å². The van der Waals surface area contributed by atoms with Crippen molar-refractivity contribution in [2.24, 2.45) is 0 Å². The highest BCUT2D eigenvalue weighted by Crippen LogP contribution is 2.30. The Hall–Kier alpha value is -2.07. The van der Waals surface area contributed by atoms with Crippen LogP contribution in [0.5, 0.6) is 11.5 Å². The Bertz CT molecular complexity index is 735. The lowest BCUT2D eigenvalue weighted by molar-refractivity contribution is 0.103. The molecule has 0 atom stereocenters. The molecule has 1 heterocycles. The maximum atomic E-state index is 12.6. The van der Waals surface area contributed by atoms with Crippen molar-refractivity contribution >= 4 is 27.8 Å². The van der Waals surface area contributed by atoms with Crippen LogP contribution >= 0.6 is 15.9 Å². The molecule has 0 unspecified atom stereocenters. The number of carbonyl (C=O) groups excluding carboxylic acids is 1. The van der Waals surface area contributed by atoms with Gasteiger partial charge < -0.3 is 9.84 Å². The molecule has 0 aromatic heterocycles. The number of aromatic hydroxyl groups is 1. The Balaban J connectivity index is 2.01. The summed E-state index contributed by atoms with van der Waals surface area (Å²) >= 11 is 3.38. The van der Waals surface area contributed by atoms with Crippen molar-refractivity contribution in [2.75, 3.05) is 6.61 Å². The van der Waals surface area contributed by atoms with E-state index in [1.165, 1.54) is 0 Å². The molecule has 0 bridgehead atoms. The zero-order valence-corrected chi connectivity index (χ0v) is 12.8. The molecule has 3 rings (SSSR count). The lowest BCUT2D eigenvalue weighted by Gasteiger charge is -2.05. The molecule has 0 saturated heterocycles. The molecular formula is C17H13BrO3. The normalized spacial score (nSPS) is 16.2. The number of hydrogen-bond donors (Lipinski definition) is 1. The molecule has 2 aromatic carbocycles. The van der Waals surface area contributed by atoms with Gasteiger partial charge in [0.2, 0.25) is 0 Å². The topological polar surface area (TPSA) is 46.5 Å². The molecule has 1 N–H and O–H groups in total. The molecule has 4 heteroatoms. The second-order valence-electron chi connectivity index (χ2n) is 4.83. The van der Waals surface area contributed by atoms with Crippen molar-refractivity contribution < 1.29 is 14.6 Å². The fourth-order valence-electron chi connectivity index (χ4n) is 2.31. The fourth-order valence-corrected chi connectivity index (χ4v) is 2.65. The highest BCUT2D eigenvalue weighted by atomic mass is 79.9. The van der Waals surface area contributed by atoms with Gasteiger partial charge in [0.25, 0.3) is 0 Å². The van der Waals surface area contributed by atoms with Crippen molar-refractivity contribution in [1.82, 2.24) is 0 Å². The SMILES string of the molecule is O=C1/C(=C/c2cccc(O)c2)CCOc2cc(Br)ccc21. The summed E-state index contributed by atoms with van der Waals surface area (Å²) in [6.45, 7) is 0.458. The summed E-state index contributed by atoms with van der Waals surface area (Å²) in [7, 11) is 0. The van der Waals surface area contributed by atoms with Gasteiger partial charge >= 0.3 is 0 Å². The predicted molar refractivity (Wildman–Crippen MR) is 84.7 cm³/mol. The zero-order chi connectivity index (χ0) is 14.8. The van der Waals surface area contributed by atoms with E-state index in [0.29, 0.717) is 29.9 Å². The molecule has 3 nitrogen and oxygen atoms in total. The van der Waals surface area contributed by atoms with Gasteiger partial charge in [0.15, 0.2) is 5.78 Å². The van der Waals surface area contributed by atoms with E-state index in [1.807, 2.05) is 24.3 Å². The van der Waals surface area contributed by atoms with Gasteiger partial charge in [-0.25, -0.2) is 0 Å². The van der Waals surface area contributed by atoms with Crippen LogP contribution in [-0.4, -0.2) is 17.5 Å². The zero-order valence-electron chi connectivity index (χ0n) is 11.2. The van der Waals surface area contributed by atoms with E-state index in [0.717, 1.165) is 10.0 Å². The Labute approximate surface area is 131 Å². The predicted octanol–water partition coefficient (Wildman–Crippen LogP) is 4.20. The summed E-state index contributed by atoms with van der Waals surface area (Å²) in [4.78, 5) is 12.6. The number of halogens is 1. The van der Waals surface area contributed by atoms with Gasteiger partial charge in [-0.1, -0.05) is 28.1 Å². The number of carbonyl (C=O) groups is 1. The Morgan fingerprint density at radius 3 is 2.86 bits per heavy atom. The molecule has 0 radical (unpaired) electrons. The van der Waals surface area contributed by atoms with Crippen molar-refractivity contribution in [1.29, 1.82) is 0 Å². The minimum absolute atomic E-state index is 0.0293. The van der Waals surface area contributed by atoms with Crippen molar-refractivity contribution in [3.63, 3.8) is 0 Å². The number of ketones is 1. The number of phenols is 1. The largest absolute Gasteiger partial charge is 0.508 e. The summed E-state index contributed by atoms with van der Waals surface area (Å²) in [6, 6.07) is 12.3. The summed E-state index contributed by atoms with van der Waals surface area (Å²) in [5, 5.41) is 9.51. The van der Waals surface area contributed by atoms with E-state index in [-0.39, 0.29) is 11.5 Å². The van der Waals surface area contributed by atoms with Crippen LogP contribution in [0.2, 0.25) is 0 Å². The molecule has 0 fully saturated rings. The molecule has 21 heavy (non-hydrogen) atoms. The molecule has 0 spiro atoms. The number of fused-ring (bicyclic) bond motifs is 1. The van der Waals surface area contributed by atoms with Gasteiger partial charge in [-0.2, -0.15) is 0 Å². The van der Waals surface area contributed by atoms with Crippen LogP contribution in [0.4, 0.5) is 0 Å². The van der Waals surface area contributed by atoms with Crippen LogP contribution in [0.25, 0.3) is 6.08 Å². The number of phenolic OH excluding ortho intramolecular Hbond substituents is 1. The van der Waals surface area contributed by atoms with Crippen LogP contribution in [0.1, 0.15) is 22.3 Å². The molecule has 0 saturated carbocycles. The Morgan fingerprint density at radius 1 is 1.19 bits per heavy atom. The molecular weight excluding hydrogens is 332 g/mol. The fraction of sp³-hybridized carbons (Fsp3) is 0.118. The minimum atomic E-state index is -0.0293. The average Bonchev–Trinajstić information content (AvgIpc) is 2.59. The average molecular weight is 345 g/mol. The second-order valence-corrected chi connectivity index (χ2v) is 5.75. The minimum Gasteiger partial charge on any atom is -0.508 e. The second kappa shape index (κ2) is 5.74. The third-order valence-corrected chi connectivity index (χ3v) is 3.81. The summed E-state index contributed by atoms with van der Waals surface area (Å²) < 4.78 is 6.53. The third-order valence-electron chi connectivity index (χ3n) is 3.32. The molecule has 0 aliphatic carbocycles. The van der Waals surface area contributed by atoms with Crippen molar-refractivity contribution in [2.45, 2.75) is 6.42 Å². The first kappa shape index (κ1) is 13.9. The Morgan fingerprint density at radius 2 is 2.05 bits per heavy atom. The van der Waals surface area contributed by atoms with Gasteiger partial charge in [0.1, 0.15) is 11.5 Å². The van der Waals surface area contributed by atoms with E-state index < -0.39 is 0 Å².